The van der Waals surface area contributed by atoms with Gasteiger partial charge in [0.2, 0.25) is 0 Å². The van der Waals surface area contributed by atoms with Crippen LogP contribution in [0.4, 0.5) is 0 Å². The molecule has 0 fully saturated rings. The van der Waals surface area contributed by atoms with Crippen molar-refractivity contribution in [2.45, 2.75) is 25.2 Å². The first-order valence-electron chi connectivity index (χ1n) is 5.94. The zero-order valence-electron chi connectivity index (χ0n) is 12.4. The van der Waals surface area contributed by atoms with Gasteiger partial charge >= 0.3 is 0 Å². The number of allylic oxidation sites excluding steroid dienone is 1. The second kappa shape index (κ2) is 9.60. The maximum absolute atomic E-state index is 11.9. The van der Waals surface area contributed by atoms with Crippen LogP contribution in [-0.2, 0) is 28.5 Å². The second-order valence-corrected chi connectivity index (χ2v) is 4.06. The van der Waals surface area contributed by atoms with Gasteiger partial charge in [0.1, 0.15) is 24.9 Å². The zero-order valence-corrected chi connectivity index (χ0v) is 12.4. The fourth-order valence-corrected chi connectivity index (χ4v) is 1.67. The molecule has 7 nitrogen and oxygen atoms in total. The summed E-state index contributed by atoms with van der Waals surface area (Å²) in [5.41, 5.74) is 0. The zero-order chi connectivity index (χ0) is 15.7. The quantitative estimate of drug-likeness (QED) is 0.456. The minimum Gasteiger partial charge on any atom is -0.505 e. The van der Waals surface area contributed by atoms with Crippen LogP contribution in [-0.4, -0.2) is 70.0 Å². The Labute approximate surface area is 118 Å². The molecule has 0 amide bonds. The summed E-state index contributed by atoms with van der Waals surface area (Å²) in [6, 6.07) is 0. The molecule has 0 saturated heterocycles. The topological polar surface area (TPSA) is 91.3 Å². The highest BCUT2D eigenvalue weighted by Crippen LogP contribution is 2.14. The fourth-order valence-electron chi connectivity index (χ4n) is 1.67. The number of methoxy groups -OCH3 is 4. The summed E-state index contributed by atoms with van der Waals surface area (Å²) in [4.78, 5) is 22.9. The van der Waals surface area contributed by atoms with E-state index in [1.54, 1.807) is 0 Å². The Hall–Kier alpha value is -1.28. The lowest BCUT2D eigenvalue weighted by Gasteiger charge is -2.28. The van der Waals surface area contributed by atoms with Crippen LogP contribution < -0.4 is 0 Å². The lowest BCUT2D eigenvalue weighted by molar-refractivity contribution is -0.148. The van der Waals surface area contributed by atoms with Crippen molar-refractivity contribution in [3.8, 4) is 0 Å². The van der Waals surface area contributed by atoms with Crippen LogP contribution in [0.3, 0.4) is 0 Å². The third-order valence-electron chi connectivity index (χ3n) is 2.71. The van der Waals surface area contributed by atoms with E-state index in [1.165, 1.54) is 41.4 Å². The third kappa shape index (κ3) is 5.38. The molecule has 0 aliphatic rings. The normalized spacial score (nSPS) is 16.6. The van der Waals surface area contributed by atoms with Gasteiger partial charge in [0.25, 0.3) is 0 Å². The van der Waals surface area contributed by atoms with Crippen LogP contribution in [0.5, 0.6) is 0 Å². The first-order chi connectivity index (χ1) is 9.42. The molecule has 0 heterocycles. The number of rotatable bonds is 10. The highest BCUT2D eigenvalue weighted by Gasteiger charge is 2.34. The predicted octanol–water partition coefficient (Wildman–Crippen LogP) is 0.278. The predicted molar refractivity (Wildman–Crippen MR) is 70.7 cm³/mol. The molecule has 1 N–H and O–H groups in total. The molecule has 0 spiro atoms. The van der Waals surface area contributed by atoms with E-state index >= 15 is 0 Å². The van der Waals surface area contributed by atoms with Gasteiger partial charge in [-0.1, -0.05) is 0 Å². The Bertz CT molecular complexity index is 351. The smallest absolute Gasteiger partial charge is 0.193 e. The van der Waals surface area contributed by atoms with Gasteiger partial charge in [-0.3, -0.25) is 9.59 Å². The van der Waals surface area contributed by atoms with E-state index < -0.39 is 29.9 Å². The molecule has 0 radical (unpaired) electrons. The van der Waals surface area contributed by atoms with Crippen LogP contribution in [0.1, 0.15) is 6.92 Å². The van der Waals surface area contributed by atoms with Crippen molar-refractivity contribution >= 4 is 11.6 Å². The highest BCUT2D eigenvalue weighted by atomic mass is 16.6. The minimum absolute atomic E-state index is 0.142. The van der Waals surface area contributed by atoms with Crippen molar-refractivity contribution < 1.29 is 33.6 Å². The van der Waals surface area contributed by atoms with E-state index in [0.717, 1.165) is 0 Å². The minimum atomic E-state index is -0.944. The largest absolute Gasteiger partial charge is 0.505 e. The third-order valence-corrected chi connectivity index (χ3v) is 2.71. The van der Waals surface area contributed by atoms with Gasteiger partial charge in [0.15, 0.2) is 17.3 Å². The molecular weight excluding hydrogens is 268 g/mol. The molecule has 0 aliphatic heterocycles. The molecule has 0 aromatic rings. The maximum atomic E-state index is 11.9. The Kier molecular flexibility index (Phi) is 8.98. The number of carbonyl (C=O) groups is 2. The van der Waals surface area contributed by atoms with Crippen molar-refractivity contribution in [1.82, 2.24) is 0 Å². The van der Waals surface area contributed by atoms with Crippen molar-refractivity contribution in [2.75, 3.05) is 35.0 Å². The SMILES string of the molecule is COCC(=O)[C@@H](OC)[C@H](OC)[C@H](/C=C(\O)C(C)=O)OC. The summed E-state index contributed by atoms with van der Waals surface area (Å²) < 4.78 is 20.2. The number of aliphatic hydroxyl groups excluding tert-OH is 1. The summed E-state index contributed by atoms with van der Waals surface area (Å²) in [5, 5.41) is 9.49. The molecule has 20 heavy (non-hydrogen) atoms. The molecule has 0 aromatic heterocycles. The summed E-state index contributed by atoms with van der Waals surface area (Å²) in [7, 11) is 5.49. The lowest BCUT2D eigenvalue weighted by atomic mass is 10.0. The van der Waals surface area contributed by atoms with Crippen molar-refractivity contribution in [3.05, 3.63) is 11.8 Å². The summed E-state index contributed by atoms with van der Waals surface area (Å²) in [6.45, 7) is 1.07. The van der Waals surface area contributed by atoms with Gasteiger partial charge in [-0.2, -0.15) is 0 Å². The first kappa shape index (κ1) is 18.7. The Morgan fingerprint density at radius 1 is 1.10 bits per heavy atom. The maximum Gasteiger partial charge on any atom is 0.193 e. The van der Waals surface area contributed by atoms with Gasteiger partial charge in [-0.05, 0) is 6.08 Å². The van der Waals surface area contributed by atoms with E-state index in [0.29, 0.717) is 0 Å². The molecule has 0 unspecified atom stereocenters. The molecule has 0 aromatic carbocycles. The van der Waals surface area contributed by atoms with Crippen LogP contribution in [0, 0.1) is 0 Å². The molecule has 0 aliphatic carbocycles. The Morgan fingerprint density at radius 2 is 1.70 bits per heavy atom. The second-order valence-electron chi connectivity index (χ2n) is 4.06. The van der Waals surface area contributed by atoms with Gasteiger partial charge in [-0.15, -0.1) is 0 Å². The van der Waals surface area contributed by atoms with Crippen LogP contribution in [0.2, 0.25) is 0 Å². The number of aliphatic hydroxyl groups is 1. The molecule has 3 atom stereocenters. The fraction of sp³-hybridized carbons (Fsp3) is 0.692. The summed E-state index contributed by atoms with van der Waals surface area (Å²) in [6.07, 6.45) is -1.41. The average molecular weight is 290 g/mol. The summed E-state index contributed by atoms with van der Waals surface area (Å²) >= 11 is 0. The molecular formula is C13H22O7. The van der Waals surface area contributed by atoms with Crippen LogP contribution in [0.25, 0.3) is 0 Å². The van der Waals surface area contributed by atoms with Crippen molar-refractivity contribution in [3.63, 3.8) is 0 Å². The van der Waals surface area contributed by atoms with E-state index in [-0.39, 0.29) is 12.4 Å². The number of hydrogen-bond acceptors (Lipinski definition) is 7. The number of hydrogen-bond donors (Lipinski definition) is 1. The number of carbonyl (C=O) groups excluding carboxylic acids is 2. The summed E-state index contributed by atoms with van der Waals surface area (Å²) in [5.74, 6) is -1.31. The molecule has 7 heteroatoms. The van der Waals surface area contributed by atoms with Gasteiger partial charge < -0.3 is 24.1 Å². The van der Waals surface area contributed by atoms with E-state index in [2.05, 4.69) is 0 Å². The molecule has 116 valence electrons. The molecule has 0 saturated carbocycles. The van der Waals surface area contributed by atoms with Gasteiger partial charge in [-0.25, -0.2) is 0 Å². The number of Topliss-reactive ketones (excluding diaryl/α,β-unsaturated/α-hetero) is 2. The average Bonchev–Trinajstić information content (AvgIpc) is 2.42. The van der Waals surface area contributed by atoms with E-state index in [9.17, 15) is 14.7 Å². The van der Waals surface area contributed by atoms with Crippen molar-refractivity contribution in [1.29, 1.82) is 0 Å². The monoisotopic (exact) mass is 290 g/mol. The number of ketones is 2. The Morgan fingerprint density at radius 3 is 2.05 bits per heavy atom. The van der Waals surface area contributed by atoms with Crippen LogP contribution >= 0.6 is 0 Å². The standard InChI is InChI=1S/C13H22O7/c1-8(14)9(15)6-11(18-3)13(20-5)12(19-4)10(16)7-17-2/h6,11-13,15H,7H2,1-5H3/b9-6-/t11-,12+,13+/m0/s1. The van der Waals surface area contributed by atoms with Gasteiger partial charge in [0, 0.05) is 35.4 Å². The van der Waals surface area contributed by atoms with Gasteiger partial charge in [0.05, 0.1) is 0 Å². The van der Waals surface area contributed by atoms with Crippen LogP contribution in [0.15, 0.2) is 11.8 Å². The highest BCUT2D eigenvalue weighted by molar-refractivity contribution is 5.90. The number of ether oxygens (including phenoxy) is 4. The first-order valence-corrected chi connectivity index (χ1v) is 5.94. The Balaban J connectivity index is 5.21. The molecule has 0 rings (SSSR count). The lowest BCUT2D eigenvalue weighted by Crippen LogP contribution is -2.46. The molecule has 0 bridgehead atoms. The van der Waals surface area contributed by atoms with E-state index in [1.807, 2.05) is 0 Å². The van der Waals surface area contributed by atoms with E-state index in [4.69, 9.17) is 18.9 Å². The van der Waals surface area contributed by atoms with Crippen molar-refractivity contribution in [2.24, 2.45) is 0 Å².